The molecule has 2 rings (SSSR count). The Balaban J connectivity index is 2.38. The monoisotopic (exact) mass is 217 g/mol. The summed E-state index contributed by atoms with van der Waals surface area (Å²) in [7, 11) is 0. The molecule has 16 heavy (non-hydrogen) atoms. The number of aromatic nitrogens is 3. The summed E-state index contributed by atoms with van der Waals surface area (Å²) in [4.78, 5) is 12.4. The number of nitrogens with one attached hydrogen (secondary N) is 1. The minimum Gasteiger partial charge on any atom is -0.384 e. The second kappa shape index (κ2) is 4.30. The van der Waals surface area contributed by atoms with E-state index >= 15 is 0 Å². The summed E-state index contributed by atoms with van der Waals surface area (Å²) in [6.45, 7) is 5.16. The third-order valence-corrected chi connectivity index (χ3v) is 2.20. The highest BCUT2D eigenvalue weighted by atomic mass is 15.0. The van der Waals surface area contributed by atoms with E-state index in [1.165, 1.54) is 6.33 Å². The van der Waals surface area contributed by atoms with Gasteiger partial charge in [0.25, 0.3) is 0 Å². The van der Waals surface area contributed by atoms with Crippen LogP contribution in [0, 0.1) is 5.92 Å². The van der Waals surface area contributed by atoms with Crippen LogP contribution in [0.2, 0.25) is 0 Å². The van der Waals surface area contributed by atoms with Gasteiger partial charge in [0.2, 0.25) is 0 Å². The first-order valence-corrected chi connectivity index (χ1v) is 5.28. The highest BCUT2D eigenvalue weighted by Crippen LogP contribution is 2.18. The molecule has 2 heterocycles. The quantitative estimate of drug-likeness (QED) is 0.817. The van der Waals surface area contributed by atoms with E-state index < -0.39 is 0 Å². The maximum atomic E-state index is 5.60. The van der Waals surface area contributed by atoms with Crippen molar-refractivity contribution in [1.82, 2.24) is 15.0 Å². The van der Waals surface area contributed by atoms with E-state index in [0.717, 1.165) is 17.7 Å². The van der Waals surface area contributed by atoms with Crippen molar-refractivity contribution in [2.75, 3.05) is 17.6 Å². The highest BCUT2D eigenvalue weighted by molar-refractivity contribution is 5.86. The van der Waals surface area contributed by atoms with Gasteiger partial charge >= 0.3 is 0 Å². The van der Waals surface area contributed by atoms with Gasteiger partial charge in [0.05, 0.1) is 5.39 Å². The van der Waals surface area contributed by atoms with Crippen molar-refractivity contribution in [3.8, 4) is 0 Å². The van der Waals surface area contributed by atoms with Crippen LogP contribution in [-0.2, 0) is 0 Å². The summed E-state index contributed by atoms with van der Waals surface area (Å²) < 4.78 is 0. The number of rotatable bonds is 3. The Hall–Kier alpha value is -1.91. The molecule has 0 aromatic carbocycles. The van der Waals surface area contributed by atoms with Gasteiger partial charge in [-0.05, 0) is 18.1 Å². The van der Waals surface area contributed by atoms with E-state index in [1.807, 2.05) is 6.07 Å². The van der Waals surface area contributed by atoms with E-state index in [1.54, 1.807) is 6.07 Å². The molecule has 2 aromatic heterocycles. The van der Waals surface area contributed by atoms with E-state index in [4.69, 9.17) is 5.73 Å². The van der Waals surface area contributed by atoms with Crippen molar-refractivity contribution in [2.24, 2.45) is 5.92 Å². The third kappa shape index (κ3) is 2.18. The van der Waals surface area contributed by atoms with Gasteiger partial charge in [0.15, 0.2) is 5.65 Å². The fourth-order valence-corrected chi connectivity index (χ4v) is 1.40. The Morgan fingerprint density at radius 1 is 1.31 bits per heavy atom. The summed E-state index contributed by atoms with van der Waals surface area (Å²) in [6, 6.07) is 3.65. The number of nitrogens with two attached hydrogens (primary N) is 1. The summed E-state index contributed by atoms with van der Waals surface area (Å²) >= 11 is 0. The average Bonchev–Trinajstić information content (AvgIpc) is 2.25. The van der Waals surface area contributed by atoms with Crippen LogP contribution in [0.5, 0.6) is 0 Å². The molecule has 0 aliphatic rings. The second-order valence-electron chi connectivity index (χ2n) is 4.10. The summed E-state index contributed by atoms with van der Waals surface area (Å²) in [5.74, 6) is 1.85. The zero-order chi connectivity index (χ0) is 11.5. The van der Waals surface area contributed by atoms with Crippen LogP contribution < -0.4 is 11.1 Å². The molecule has 0 aliphatic carbocycles. The van der Waals surface area contributed by atoms with E-state index in [0.29, 0.717) is 17.4 Å². The SMILES string of the molecule is CC(C)CNc1ncnc2nc(N)ccc12. The average molecular weight is 217 g/mol. The number of pyridine rings is 1. The molecule has 0 bridgehead atoms. The number of hydrogen-bond acceptors (Lipinski definition) is 5. The van der Waals surface area contributed by atoms with E-state index in [-0.39, 0.29) is 0 Å². The molecular formula is C11H15N5. The number of nitrogen functional groups attached to an aromatic ring is 1. The number of nitrogens with zero attached hydrogens (tertiary/aromatic N) is 3. The summed E-state index contributed by atoms with van der Waals surface area (Å²) in [5, 5.41) is 4.17. The van der Waals surface area contributed by atoms with Gasteiger partial charge in [-0.25, -0.2) is 15.0 Å². The molecule has 0 spiro atoms. The maximum absolute atomic E-state index is 5.60. The van der Waals surface area contributed by atoms with Crippen molar-refractivity contribution in [1.29, 1.82) is 0 Å². The van der Waals surface area contributed by atoms with Crippen molar-refractivity contribution < 1.29 is 0 Å². The fraction of sp³-hybridized carbons (Fsp3) is 0.364. The standard InChI is InChI=1S/C11H15N5/c1-7(2)5-13-10-8-3-4-9(12)16-11(8)15-6-14-10/h3-4,6-7H,5H2,1-2H3,(H3,12,13,14,15,16). The molecule has 5 heteroatoms. The molecule has 0 radical (unpaired) electrons. The first kappa shape index (κ1) is 10.6. The molecule has 0 fully saturated rings. The van der Waals surface area contributed by atoms with Gasteiger partial charge in [-0.15, -0.1) is 0 Å². The first-order chi connectivity index (χ1) is 7.66. The van der Waals surface area contributed by atoms with Crippen LogP contribution in [0.3, 0.4) is 0 Å². The minimum absolute atomic E-state index is 0.473. The smallest absolute Gasteiger partial charge is 0.166 e. The van der Waals surface area contributed by atoms with Crippen LogP contribution in [0.15, 0.2) is 18.5 Å². The Morgan fingerprint density at radius 2 is 2.12 bits per heavy atom. The predicted octanol–water partition coefficient (Wildman–Crippen LogP) is 1.67. The van der Waals surface area contributed by atoms with Crippen LogP contribution in [0.4, 0.5) is 11.6 Å². The lowest BCUT2D eigenvalue weighted by atomic mass is 10.2. The Kier molecular flexibility index (Phi) is 2.85. The van der Waals surface area contributed by atoms with Crippen LogP contribution in [0.25, 0.3) is 11.0 Å². The fourth-order valence-electron chi connectivity index (χ4n) is 1.40. The molecule has 0 saturated heterocycles. The van der Waals surface area contributed by atoms with E-state index in [9.17, 15) is 0 Å². The predicted molar refractivity (Wildman–Crippen MR) is 65.1 cm³/mol. The Morgan fingerprint density at radius 3 is 2.88 bits per heavy atom. The number of fused-ring (bicyclic) bond motifs is 1. The molecule has 2 aromatic rings. The number of anilines is 2. The van der Waals surface area contributed by atoms with Crippen LogP contribution >= 0.6 is 0 Å². The summed E-state index contributed by atoms with van der Waals surface area (Å²) in [5.41, 5.74) is 6.23. The van der Waals surface area contributed by atoms with Crippen molar-refractivity contribution in [3.63, 3.8) is 0 Å². The molecule has 3 N–H and O–H groups in total. The maximum Gasteiger partial charge on any atom is 0.166 e. The van der Waals surface area contributed by atoms with Crippen LogP contribution in [-0.4, -0.2) is 21.5 Å². The minimum atomic E-state index is 0.473. The molecule has 0 aliphatic heterocycles. The molecule has 0 saturated carbocycles. The molecule has 84 valence electrons. The van der Waals surface area contributed by atoms with Gasteiger partial charge in [0.1, 0.15) is 18.0 Å². The lowest BCUT2D eigenvalue weighted by Crippen LogP contribution is -2.10. The zero-order valence-electron chi connectivity index (χ0n) is 9.44. The molecule has 0 atom stereocenters. The van der Waals surface area contributed by atoms with Gasteiger partial charge in [0, 0.05) is 6.54 Å². The molecular weight excluding hydrogens is 202 g/mol. The Labute approximate surface area is 94.1 Å². The van der Waals surface area contributed by atoms with Gasteiger partial charge < -0.3 is 11.1 Å². The van der Waals surface area contributed by atoms with E-state index in [2.05, 4.69) is 34.1 Å². The number of hydrogen-bond donors (Lipinski definition) is 2. The largest absolute Gasteiger partial charge is 0.384 e. The van der Waals surface area contributed by atoms with Crippen LogP contribution in [0.1, 0.15) is 13.8 Å². The topological polar surface area (TPSA) is 76.7 Å². The van der Waals surface area contributed by atoms with Crippen molar-refractivity contribution >= 4 is 22.7 Å². The summed E-state index contributed by atoms with van der Waals surface area (Å²) in [6.07, 6.45) is 1.50. The lowest BCUT2D eigenvalue weighted by molar-refractivity contribution is 0.687. The van der Waals surface area contributed by atoms with Crippen molar-refractivity contribution in [2.45, 2.75) is 13.8 Å². The lowest BCUT2D eigenvalue weighted by Gasteiger charge is -2.09. The Bertz CT molecular complexity index is 495. The second-order valence-corrected chi connectivity index (χ2v) is 4.10. The molecule has 0 unspecified atom stereocenters. The highest BCUT2D eigenvalue weighted by Gasteiger charge is 2.04. The zero-order valence-corrected chi connectivity index (χ0v) is 9.44. The molecule has 0 amide bonds. The van der Waals surface area contributed by atoms with Gasteiger partial charge in [-0.3, -0.25) is 0 Å². The van der Waals surface area contributed by atoms with Gasteiger partial charge in [-0.1, -0.05) is 13.8 Å². The van der Waals surface area contributed by atoms with Crippen molar-refractivity contribution in [3.05, 3.63) is 18.5 Å². The normalized spacial score (nSPS) is 10.9. The van der Waals surface area contributed by atoms with Gasteiger partial charge in [-0.2, -0.15) is 0 Å². The first-order valence-electron chi connectivity index (χ1n) is 5.28. The molecule has 5 nitrogen and oxygen atoms in total. The third-order valence-electron chi connectivity index (χ3n) is 2.20.